The van der Waals surface area contributed by atoms with Crippen molar-refractivity contribution in [1.82, 2.24) is 19.1 Å². The van der Waals surface area contributed by atoms with Gasteiger partial charge in [0.15, 0.2) is 23.0 Å². The molecule has 0 radical (unpaired) electrons. The van der Waals surface area contributed by atoms with Crippen LogP contribution in [-0.2, 0) is 47.2 Å². The Morgan fingerprint density at radius 2 is 0.761 bits per heavy atom. The standard InChI is InChI=1S/C39H40N11O6P7S4/c1-47(42-26-31-7-17-37(18-8-31)54-61(66)49(3)44-28-33-11-21-39(22-12-33)56-63(57)58-46-45-40)59(64)52-35-15-5-30(6-16-35)25-41-48(2)60(65)53-36-19-9-32(10-20-36)27-43-50(4)62(67)55-38-23-13-34(29-51)14-24-38/h5-29,58H,57H2,1-4H3/q+4/b41-25?,42-26?,43-27?,44-28-. The van der Waals surface area contributed by atoms with Gasteiger partial charge in [0.05, 0.1) is 53.0 Å². The number of carbonyl (C=O) groups is 1. The molecule has 0 saturated heterocycles. The van der Waals surface area contributed by atoms with Crippen molar-refractivity contribution in [1.29, 1.82) is 0 Å². The molecule has 17 nitrogen and oxygen atoms in total. The normalized spacial score (nSPS) is 12.7. The third-order valence-corrected chi connectivity index (χ3v) is 18.9. The van der Waals surface area contributed by atoms with E-state index in [0.717, 1.165) is 28.5 Å². The number of carbonyl (C=O) groups excluding carboxylic acids is 1. The summed E-state index contributed by atoms with van der Waals surface area (Å²) in [5, 5.41) is 17.8. The fraction of sp³-hybridized carbons (Fsp3) is 0.103. The number of azide groups is 1. The third-order valence-electron chi connectivity index (χ3n) is 8.10. The van der Waals surface area contributed by atoms with E-state index in [2.05, 4.69) is 39.1 Å². The van der Waals surface area contributed by atoms with Gasteiger partial charge in [-0.25, -0.2) is 0 Å². The average Bonchev–Trinajstić information content (AvgIpc) is 3.34. The van der Waals surface area contributed by atoms with E-state index in [1.54, 1.807) is 96.4 Å². The maximum Gasteiger partial charge on any atom is 0.540 e. The number of hydrogen-bond acceptors (Lipinski definition) is 15. The molecule has 5 aromatic carbocycles. The van der Waals surface area contributed by atoms with Crippen LogP contribution in [0.3, 0.4) is 0 Å². The lowest BCUT2D eigenvalue weighted by Gasteiger charge is -2.10. The summed E-state index contributed by atoms with van der Waals surface area (Å²) in [6, 6.07) is 36.2. The highest BCUT2D eigenvalue weighted by atomic mass is 32.4. The SMILES string of the molecule is CN(N=Cc1ccc(O[P+](=S)N(C)N=Cc2ccc(O[P+](=S)N(C)N=Cc3ccc(O[P+](=S)N(C)/N=C\c4ccc(OP(P)PN=[N+]=[N-])cc4)cc3)cc2)cc1)[P+](=S)Oc1ccc(C=O)cc1. The Morgan fingerprint density at radius 1 is 0.507 bits per heavy atom. The van der Waals surface area contributed by atoms with E-state index in [-0.39, 0.29) is 8.42 Å². The van der Waals surface area contributed by atoms with E-state index in [9.17, 15) is 4.79 Å². The van der Waals surface area contributed by atoms with E-state index in [0.29, 0.717) is 34.3 Å². The van der Waals surface area contributed by atoms with Crippen molar-refractivity contribution in [3.05, 3.63) is 160 Å². The second kappa shape index (κ2) is 28.0. The van der Waals surface area contributed by atoms with Crippen molar-refractivity contribution < 1.29 is 27.4 Å². The summed E-state index contributed by atoms with van der Waals surface area (Å²) in [4.78, 5) is 17.2. The van der Waals surface area contributed by atoms with Gasteiger partial charge in [0.1, 0.15) is 19.6 Å². The Labute approximate surface area is 417 Å². The lowest BCUT2D eigenvalue weighted by atomic mass is 10.2. The van der Waals surface area contributed by atoms with Gasteiger partial charge in [-0.1, -0.05) is 32.9 Å². The minimum absolute atomic E-state index is 0.0224. The van der Waals surface area contributed by atoms with Gasteiger partial charge in [0.25, 0.3) is 0 Å². The molecule has 28 heteroatoms. The molecule has 5 aromatic rings. The number of nitrogens with zero attached hydrogens (tertiary/aromatic N) is 11. The average molecular weight is 1100 g/mol. The molecule has 67 heavy (non-hydrogen) atoms. The van der Waals surface area contributed by atoms with Crippen LogP contribution in [0.25, 0.3) is 10.4 Å². The van der Waals surface area contributed by atoms with Crippen molar-refractivity contribution in [2.24, 2.45) is 25.3 Å². The molecule has 5 rings (SSSR count). The summed E-state index contributed by atoms with van der Waals surface area (Å²) in [6.45, 7) is 0. The number of benzene rings is 5. The first-order valence-corrected chi connectivity index (χ1v) is 32.5. The van der Waals surface area contributed by atoms with Crippen molar-refractivity contribution in [3.63, 3.8) is 0 Å². The fourth-order valence-electron chi connectivity index (χ4n) is 4.63. The van der Waals surface area contributed by atoms with E-state index >= 15 is 0 Å². The summed E-state index contributed by atoms with van der Waals surface area (Å²) in [5.41, 5.74) is 12.4. The predicted molar refractivity (Wildman–Crippen MR) is 293 cm³/mol. The van der Waals surface area contributed by atoms with E-state index in [4.69, 9.17) is 75.4 Å². The van der Waals surface area contributed by atoms with Crippen LogP contribution in [-0.4, -0.2) is 78.5 Å². The Kier molecular flexibility index (Phi) is 22.2. The first-order valence-electron chi connectivity index (χ1n) is 19.0. The molecule has 0 aliphatic carbocycles. The molecule has 0 saturated carbocycles. The quantitative estimate of drug-likeness (QED) is 0.0103. The van der Waals surface area contributed by atoms with Crippen molar-refractivity contribution in [3.8, 4) is 28.7 Å². The van der Waals surface area contributed by atoms with Crippen LogP contribution >= 0.6 is 53.2 Å². The van der Waals surface area contributed by atoms with E-state index in [1.165, 1.54) is 0 Å². The maximum atomic E-state index is 10.9. The molecule has 7 unspecified atom stereocenters. The van der Waals surface area contributed by atoms with Crippen molar-refractivity contribution in [2.75, 3.05) is 28.2 Å². The van der Waals surface area contributed by atoms with Gasteiger partial charge in [0.2, 0.25) is 47.2 Å². The summed E-state index contributed by atoms with van der Waals surface area (Å²) in [6.07, 6.45) is 7.51. The minimum atomic E-state index is -1.50. The summed E-state index contributed by atoms with van der Waals surface area (Å²) in [7, 11) is 2.74. The predicted octanol–water partition coefficient (Wildman–Crippen LogP) is 12.4. The van der Waals surface area contributed by atoms with Crippen LogP contribution in [0.2, 0.25) is 0 Å². The number of rotatable bonds is 25. The lowest BCUT2D eigenvalue weighted by Crippen LogP contribution is -2.04. The monoisotopic (exact) mass is 1100 g/mol. The van der Waals surface area contributed by atoms with Gasteiger partial charge in [-0.2, -0.15) is 0 Å². The van der Waals surface area contributed by atoms with Crippen molar-refractivity contribution in [2.45, 2.75) is 0 Å². The van der Waals surface area contributed by atoms with E-state index < -0.39 is 35.8 Å². The zero-order valence-corrected chi connectivity index (χ0v) is 45.6. The van der Waals surface area contributed by atoms with Crippen LogP contribution in [0.4, 0.5) is 0 Å². The Morgan fingerprint density at radius 3 is 1.01 bits per heavy atom. The second-order valence-electron chi connectivity index (χ2n) is 12.9. The molecule has 0 bridgehead atoms. The smallest absolute Gasteiger partial charge is 0.466 e. The molecule has 7 atom stereocenters. The molecule has 342 valence electrons. The van der Waals surface area contributed by atoms with Crippen LogP contribution in [0.1, 0.15) is 32.6 Å². The minimum Gasteiger partial charge on any atom is -0.466 e. The van der Waals surface area contributed by atoms with Gasteiger partial charge in [-0.15, -0.1) is 20.4 Å². The third kappa shape index (κ3) is 18.7. The topological polar surface area (TPSA) is 174 Å². The Bertz CT molecular complexity index is 2690. The molecular formula is C39H40N11O6P7S4+4. The number of hydrazone groups is 4. The van der Waals surface area contributed by atoms with Crippen LogP contribution in [0, 0.1) is 0 Å². The number of aldehydes is 1. The first kappa shape index (κ1) is 53.3. The van der Waals surface area contributed by atoms with Crippen molar-refractivity contribution >= 4 is 132 Å². The molecule has 0 spiro atoms. The zero-order chi connectivity index (χ0) is 48.1. The summed E-state index contributed by atoms with van der Waals surface area (Å²) < 4.78 is 35.9. The van der Waals surface area contributed by atoms with Gasteiger partial charge in [-0.05, 0) is 149 Å². The van der Waals surface area contributed by atoms with Gasteiger partial charge >= 0.3 is 28.3 Å². The largest absolute Gasteiger partial charge is 0.540 e. The molecule has 0 aromatic heterocycles. The Hall–Kier alpha value is -4.67. The van der Waals surface area contributed by atoms with Crippen LogP contribution in [0.5, 0.6) is 28.7 Å². The highest BCUT2D eigenvalue weighted by molar-refractivity contribution is 8.45. The molecule has 0 amide bonds. The maximum absolute atomic E-state index is 10.9. The summed E-state index contributed by atoms with van der Waals surface area (Å²) in [5.74, 6) is 3.04. The highest BCUT2D eigenvalue weighted by Gasteiger charge is 2.24. The molecule has 0 aliphatic rings. The van der Waals surface area contributed by atoms with E-state index in [1.807, 2.05) is 97.1 Å². The van der Waals surface area contributed by atoms with Crippen LogP contribution < -0.4 is 22.6 Å². The fourth-order valence-corrected chi connectivity index (χ4v) is 10.6. The first-order chi connectivity index (χ1) is 32.3. The highest BCUT2D eigenvalue weighted by Crippen LogP contribution is 2.63. The van der Waals surface area contributed by atoms with Crippen LogP contribution in [0.15, 0.2) is 147 Å². The van der Waals surface area contributed by atoms with Gasteiger partial charge in [-0.3, -0.25) is 22.9 Å². The molecular weight excluding hydrogens is 1060 g/mol. The second-order valence-corrected chi connectivity index (χ2v) is 27.7. The molecule has 0 fully saturated rings. The van der Waals surface area contributed by atoms with Gasteiger partial charge in [0, 0.05) is 18.9 Å². The Balaban J connectivity index is 1.01. The summed E-state index contributed by atoms with van der Waals surface area (Å²) >= 11 is 22.2. The number of hydrogen-bond donors (Lipinski definition) is 0. The van der Waals surface area contributed by atoms with Gasteiger partial charge < -0.3 is 4.52 Å². The zero-order valence-electron chi connectivity index (χ0n) is 35.7. The molecule has 0 aliphatic heterocycles. The molecule has 0 N–H and O–H groups in total. The molecule has 0 heterocycles. The lowest BCUT2D eigenvalue weighted by molar-refractivity contribution is 0.112.